The summed E-state index contributed by atoms with van der Waals surface area (Å²) in [5.41, 5.74) is 4.69. The van der Waals surface area contributed by atoms with Crippen LogP contribution in [0.15, 0.2) is 104 Å². The second kappa shape index (κ2) is 8.31. The molecule has 0 atom stereocenters. The normalized spacial score (nSPS) is 12.2. The van der Waals surface area contributed by atoms with Gasteiger partial charge in [-0.05, 0) is 54.8 Å². The predicted octanol–water partition coefficient (Wildman–Crippen LogP) is 6.98. The Morgan fingerprint density at radius 2 is 1.51 bits per heavy atom. The Hall–Kier alpha value is -4.06. The van der Waals surface area contributed by atoms with E-state index in [2.05, 4.69) is 59.2 Å². The van der Waals surface area contributed by atoms with Crippen molar-refractivity contribution in [3.05, 3.63) is 115 Å². The maximum Gasteiger partial charge on any atom is 0.416 e. The molecule has 3 heterocycles. The minimum atomic E-state index is -4.35. The number of hydrogen-bond donors (Lipinski definition) is 0. The van der Waals surface area contributed by atoms with E-state index in [0.717, 1.165) is 42.6 Å². The highest BCUT2D eigenvalue weighted by Crippen LogP contribution is 2.32. The lowest BCUT2D eigenvalue weighted by Gasteiger charge is -2.07. The quantitative estimate of drug-likeness (QED) is 0.242. The summed E-state index contributed by atoms with van der Waals surface area (Å²) in [7, 11) is 0. The molecule has 0 amide bonds. The molecule has 0 spiro atoms. The highest BCUT2D eigenvalue weighted by Gasteiger charge is 2.30. The highest BCUT2D eigenvalue weighted by atomic mass is 19.4. The van der Waals surface area contributed by atoms with Gasteiger partial charge in [0.15, 0.2) is 5.52 Å². The van der Waals surface area contributed by atoms with Gasteiger partial charge in [0, 0.05) is 22.8 Å². The van der Waals surface area contributed by atoms with Crippen LogP contribution in [-0.4, -0.2) is 9.13 Å². The molecule has 0 fully saturated rings. The van der Waals surface area contributed by atoms with Crippen molar-refractivity contribution in [2.75, 3.05) is 0 Å². The van der Waals surface area contributed by atoms with Gasteiger partial charge in [-0.2, -0.15) is 13.2 Å². The summed E-state index contributed by atoms with van der Waals surface area (Å²) in [6, 6.07) is 26.3. The van der Waals surface area contributed by atoms with Crippen LogP contribution in [0.2, 0.25) is 0 Å². The molecule has 174 valence electrons. The largest absolute Gasteiger partial charge is 0.416 e. The maximum atomic E-state index is 13.0. The van der Waals surface area contributed by atoms with E-state index in [9.17, 15) is 13.2 Å². The number of aryl methyl sites for hydroxylation is 2. The lowest BCUT2D eigenvalue weighted by Crippen LogP contribution is -2.18. The molecule has 0 bridgehead atoms. The summed E-state index contributed by atoms with van der Waals surface area (Å²) in [5, 5.41) is 2.37. The number of alkyl halides is 3. The van der Waals surface area contributed by atoms with Crippen molar-refractivity contribution in [1.82, 2.24) is 9.13 Å². The Bertz CT molecular complexity index is 1640. The minimum absolute atomic E-state index is 0.647. The molecular weight excluding hydrogens is 447 g/mol. The Balaban J connectivity index is 1.45. The van der Waals surface area contributed by atoms with Crippen molar-refractivity contribution >= 4 is 27.3 Å². The van der Waals surface area contributed by atoms with Crippen molar-refractivity contribution in [1.29, 1.82) is 0 Å². The minimum Gasteiger partial charge on any atom is -0.337 e. The van der Waals surface area contributed by atoms with Crippen molar-refractivity contribution < 1.29 is 17.6 Å². The van der Waals surface area contributed by atoms with Gasteiger partial charge in [0.2, 0.25) is 0 Å². The number of aromatic nitrogens is 3. The number of hydrogen-bond acceptors (Lipinski definition) is 0. The second-order valence-corrected chi connectivity index (χ2v) is 8.82. The van der Waals surface area contributed by atoms with E-state index < -0.39 is 11.7 Å². The van der Waals surface area contributed by atoms with Crippen LogP contribution in [-0.2, 0) is 19.1 Å². The highest BCUT2D eigenvalue weighted by molar-refractivity contribution is 6.11. The summed E-state index contributed by atoms with van der Waals surface area (Å²) in [6.45, 7) is 0.865. The smallest absolute Gasteiger partial charge is 0.337 e. The van der Waals surface area contributed by atoms with E-state index in [1.165, 1.54) is 34.0 Å². The number of rotatable bonds is 5. The average molecular weight is 471 g/mol. The molecule has 0 radical (unpaired) electrons. The van der Waals surface area contributed by atoms with E-state index in [1.54, 1.807) is 0 Å². The summed E-state index contributed by atoms with van der Waals surface area (Å²) in [4.78, 5) is 0. The fourth-order valence-electron chi connectivity index (χ4n) is 4.94. The van der Waals surface area contributed by atoms with Gasteiger partial charge in [-0.1, -0.05) is 48.5 Å². The molecule has 0 aliphatic heterocycles. The SMILES string of the molecule is FC(F)(F)c1ccc(-n2cc3c4c(cc[n+]3c2)c2ccccc2n4CCCc2ccccc2)cc1. The van der Waals surface area contributed by atoms with Crippen LogP contribution >= 0.6 is 0 Å². The molecule has 6 aromatic rings. The Morgan fingerprint density at radius 3 is 2.29 bits per heavy atom. The third-order valence-electron chi connectivity index (χ3n) is 6.63. The summed E-state index contributed by atoms with van der Waals surface area (Å²) >= 11 is 0. The molecule has 0 saturated carbocycles. The van der Waals surface area contributed by atoms with Crippen molar-refractivity contribution in [2.45, 2.75) is 25.6 Å². The molecule has 3 aromatic carbocycles. The zero-order valence-corrected chi connectivity index (χ0v) is 18.9. The number of benzene rings is 3. The number of nitrogens with zero attached hydrogens (tertiary/aromatic N) is 3. The van der Waals surface area contributed by atoms with Crippen LogP contribution in [0.25, 0.3) is 33.0 Å². The number of pyridine rings is 1. The first-order valence-corrected chi connectivity index (χ1v) is 11.6. The monoisotopic (exact) mass is 470 g/mol. The first-order chi connectivity index (χ1) is 17.0. The maximum absolute atomic E-state index is 13.0. The predicted molar refractivity (Wildman–Crippen MR) is 132 cm³/mol. The fourth-order valence-corrected chi connectivity index (χ4v) is 4.94. The van der Waals surface area contributed by atoms with Crippen LogP contribution in [0.3, 0.4) is 0 Å². The van der Waals surface area contributed by atoms with Gasteiger partial charge >= 0.3 is 6.18 Å². The van der Waals surface area contributed by atoms with E-state index >= 15 is 0 Å². The summed E-state index contributed by atoms with van der Waals surface area (Å²) in [5.74, 6) is 0. The van der Waals surface area contributed by atoms with Crippen molar-refractivity contribution in [2.24, 2.45) is 0 Å². The van der Waals surface area contributed by atoms with Crippen LogP contribution in [0.5, 0.6) is 0 Å². The molecule has 0 aliphatic rings. The Kier molecular flexibility index (Phi) is 5.10. The third kappa shape index (κ3) is 3.85. The second-order valence-electron chi connectivity index (χ2n) is 8.82. The average Bonchev–Trinajstić information content (AvgIpc) is 3.44. The topological polar surface area (TPSA) is 14.0 Å². The van der Waals surface area contributed by atoms with Crippen LogP contribution in [0.1, 0.15) is 17.5 Å². The molecule has 0 saturated heterocycles. The lowest BCUT2D eigenvalue weighted by molar-refractivity contribution is -0.510. The number of imidazole rings is 1. The molecule has 6 rings (SSSR count). The van der Waals surface area contributed by atoms with E-state index in [1.807, 2.05) is 33.8 Å². The molecule has 3 aromatic heterocycles. The summed E-state index contributed by atoms with van der Waals surface area (Å²) in [6.07, 6.45) is 3.56. The van der Waals surface area contributed by atoms with Gasteiger partial charge in [-0.25, -0.2) is 8.97 Å². The zero-order chi connectivity index (χ0) is 24.0. The number of fused-ring (bicyclic) bond motifs is 5. The molecule has 6 heteroatoms. The first-order valence-electron chi connectivity index (χ1n) is 11.6. The van der Waals surface area contributed by atoms with Crippen LogP contribution in [0.4, 0.5) is 13.2 Å². The van der Waals surface area contributed by atoms with Gasteiger partial charge in [0.05, 0.1) is 11.8 Å². The van der Waals surface area contributed by atoms with Crippen LogP contribution in [0, 0.1) is 0 Å². The van der Waals surface area contributed by atoms with Crippen LogP contribution < -0.4 is 4.40 Å². The van der Waals surface area contributed by atoms with E-state index in [0.29, 0.717) is 5.69 Å². The molecule has 3 nitrogen and oxygen atoms in total. The van der Waals surface area contributed by atoms with E-state index in [4.69, 9.17) is 0 Å². The summed E-state index contributed by atoms with van der Waals surface area (Å²) < 4.78 is 45.3. The van der Waals surface area contributed by atoms with E-state index in [-0.39, 0.29) is 0 Å². The lowest BCUT2D eigenvalue weighted by atomic mass is 10.1. The third-order valence-corrected chi connectivity index (χ3v) is 6.63. The van der Waals surface area contributed by atoms with Gasteiger partial charge in [0.1, 0.15) is 17.4 Å². The standard InChI is InChI=1S/C29H23F3N3/c30-29(31,32)22-12-14-23(15-13-22)34-19-27-28-25(16-18-33(27)20-34)24-10-4-5-11-26(24)35(28)17-6-9-21-7-2-1-3-8-21/h1-5,7-8,10-16,18-20H,6,9,17H2/q+1. The number of para-hydroxylation sites is 1. The molecule has 0 aliphatic carbocycles. The zero-order valence-electron chi connectivity index (χ0n) is 18.9. The van der Waals surface area contributed by atoms with Crippen molar-refractivity contribution in [3.63, 3.8) is 0 Å². The Labute approximate surface area is 200 Å². The fraction of sp³-hybridized carbons (Fsp3) is 0.138. The molecule has 0 unspecified atom stereocenters. The first kappa shape index (κ1) is 21.5. The molecule has 35 heavy (non-hydrogen) atoms. The van der Waals surface area contributed by atoms with Gasteiger partial charge < -0.3 is 4.57 Å². The number of halogens is 3. The van der Waals surface area contributed by atoms with Gasteiger partial charge in [-0.15, -0.1) is 0 Å². The Morgan fingerprint density at radius 1 is 0.771 bits per heavy atom. The van der Waals surface area contributed by atoms with Gasteiger partial charge in [-0.3, -0.25) is 0 Å². The molecule has 0 N–H and O–H groups in total. The van der Waals surface area contributed by atoms with Gasteiger partial charge in [0.25, 0.3) is 6.33 Å². The molecular formula is C29H23F3N3+. The van der Waals surface area contributed by atoms with Crippen molar-refractivity contribution in [3.8, 4) is 5.69 Å².